The van der Waals surface area contributed by atoms with E-state index in [2.05, 4.69) is 24.0 Å². The zero-order chi connectivity index (χ0) is 15.2. The van der Waals surface area contributed by atoms with Gasteiger partial charge in [0.2, 0.25) is 0 Å². The highest BCUT2D eigenvalue weighted by Crippen LogP contribution is 2.18. The normalized spacial score (nSPS) is 18.3. The van der Waals surface area contributed by atoms with Crippen LogP contribution >= 0.6 is 0 Å². The van der Waals surface area contributed by atoms with Gasteiger partial charge in [-0.1, -0.05) is 32.4 Å². The van der Waals surface area contributed by atoms with Gasteiger partial charge in [-0.25, -0.2) is 0 Å². The predicted molar refractivity (Wildman–Crippen MR) is 85.6 cm³/mol. The molecule has 1 heterocycles. The van der Waals surface area contributed by atoms with Crippen LogP contribution in [-0.4, -0.2) is 38.1 Å². The number of carbonyl (C=O) groups is 1. The number of benzene rings is 1. The molecule has 0 amide bonds. The lowest BCUT2D eigenvalue weighted by Gasteiger charge is -2.29. The lowest BCUT2D eigenvalue weighted by molar-refractivity contribution is -0.120. The van der Waals surface area contributed by atoms with Crippen molar-refractivity contribution in [3.8, 4) is 0 Å². The second kappa shape index (κ2) is 7.57. The molecule has 1 aliphatic heterocycles. The maximum atomic E-state index is 12.1. The summed E-state index contributed by atoms with van der Waals surface area (Å²) in [6.45, 7) is 7.52. The molecule has 0 aromatic heterocycles. The molecule has 1 aliphatic rings. The molecule has 1 saturated heterocycles. The summed E-state index contributed by atoms with van der Waals surface area (Å²) in [7, 11) is 0. The highest BCUT2D eigenvalue weighted by molar-refractivity contribution is 5.86. The number of Topliss-reactive ketones (excluding diaryl/α,β-unsaturated/α-hetero) is 1. The smallest absolute Gasteiger partial charge is 0.154 e. The quantitative estimate of drug-likeness (QED) is 0.871. The van der Waals surface area contributed by atoms with Crippen molar-refractivity contribution in [2.45, 2.75) is 32.7 Å². The summed E-state index contributed by atoms with van der Waals surface area (Å²) in [5.41, 5.74) is 8.23. The number of nitrogens with zero attached hydrogens (tertiary/aromatic N) is 1. The van der Waals surface area contributed by atoms with E-state index in [1.54, 1.807) is 0 Å². The van der Waals surface area contributed by atoms with E-state index in [1.165, 1.54) is 5.69 Å². The molecule has 1 aromatic rings. The first kappa shape index (κ1) is 16.0. The number of anilines is 1. The summed E-state index contributed by atoms with van der Waals surface area (Å²) in [6.07, 6.45) is 1.36. The van der Waals surface area contributed by atoms with Crippen molar-refractivity contribution < 1.29 is 9.53 Å². The van der Waals surface area contributed by atoms with Gasteiger partial charge in [0.15, 0.2) is 5.78 Å². The van der Waals surface area contributed by atoms with Crippen LogP contribution < -0.4 is 10.6 Å². The van der Waals surface area contributed by atoms with Gasteiger partial charge in [-0.15, -0.1) is 0 Å². The zero-order valence-corrected chi connectivity index (χ0v) is 13.0. The fourth-order valence-electron chi connectivity index (χ4n) is 2.54. The van der Waals surface area contributed by atoms with Crippen LogP contribution in [0.15, 0.2) is 24.3 Å². The van der Waals surface area contributed by atoms with Crippen LogP contribution in [0.5, 0.6) is 0 Å². The Balaban J connectivity index is 1.94. The van der Waals surface area contributed by atoms with Crippen molar-refractivity contribution >= 4 is 11.5 Å². The van der Waals surface area contributed by atoms with E-state index >= 15 is 0 Å². The number of ether oxygens (including phenoxy) is 1. The number of rotatable bonds is 6. The molecule has 0 bridgehead atoms. The number of hydrogen-bond donors (Lipinski definition) is 1. The second-order valence-electron chi connectivity index (χ2n) is 5.82. The Kier molecular flexibility index (Phi) is 5.76. The highest BCUT2D eigenvalue weighted by Gasteiger charge is 2.19. The molecular formula is C17H26N2O2. The minimum absolute atomic E-state index is 0.128. The van der Waals surface area contributed by atoms with Gasteiger partial charge < -0.3 is 15.4 Å². The average Bonchev–Trinajstić information content (AvgIpc) is 2.54. The molecule has 0 aliphatic carbocycles. The average molecular weight is 290 g/mol. The van der Waals surface area contributed by atoms with Crippen LogP contribution in [0.2, 0.25) is 0 Å². The van der Waals surface area contributed by atoms with Crippen molar-refractivity contribution in [2.24, 2.45) is 11.7 Å². The molecule has 116 valence electrons. The van der Waals surface area contributed by atoms with Gasteiger partial charge >= 0.3 is 0 Å². The monoisotopic (exact) mass is 290 g/mol. The minimum atomic E-state index is -0.353. The van der Waals surface area contributed by atoms with Gasteiger partial charge in [0.1, 0.15) is 0 Å². The van der Waals surface area contributed by atoms with Crippen LogP contribution in [0.3, 0.4) is 0 Å². The minimum Gasteiger partial charge on any atom is -0.378 e. The lowest BCUT2D eigenvalue weighted by atomic mass is 9.93. The molecule has 2 atom stereocenters. The summed E-state index contributed by atoms with van der Waals surface area (Å²) in [4.78, 5) is 14.5. The summed E-state index contributed by atoms with van der Waals surface area (Å²) in [5, 5.41) is 0. The zero-order valence-electron chi connectivity index (χ0n) is 13.0. The summed E-state index contributed by atoms with van der Waals surface area (Å²) in [6, 6.07) is 7.89. The Hall–Kier alpha value is -1.39. The Morgan fingerprint density at radius 3 is 2.48 bits per heavy atom. The highest BCUT2D eigenvalue weighted by atomic mass is 16.5. The Labute approximate surface area is 127 Å². The van der Waals surface area contributed by atoms with Gasteiger partial charge in [-0.05, 0) is 23.6 Å². The summed E-state index contributed by atoms with van der Waals surface area (Å²) in [5.74, 6) is 0.369. The van der Waals surface area contributed by atoms with Crippen molar-refractivity contribution in [2.75, 3.05) is 31.2 Å². The molecule has 4 heteroatoms. The number of morpholine rings is 1. The van der Waals surface area contributed by atoms with Crippen molar-refractivity contribution in [3.63, 3.8) is 0 Å². The van der Waals surface area contributed by atoms with E-state index in [0.29, 0.717) is 6.42 Å². The molecule has 2 rings (SSSR count). The van der Waals surface area contributed by atoms with Gasteiger partial charge in [0, 0.05) is 25.2 Å². The SMILES string of the molecule is CCC(C)C(N)C(=O)Cc1ccc(N2CCOCC2)cc1. The van der Waals surface area contributed by atoms with Crippen LogP contribution in [0.4, 0.5) is 5.69 Å². The van der Waals surface area contributed by atoms with Crippen LogP contribution in [0.25, 0.3) is 0 Å². The molecule has 21 heavy (non-hydrogen) atoms. The maximum absolute atomic E-state index is 12.1. The third kappa shape index (κ3) is 4.29. The molecule has 0 saturated carbocycles. The number of ketones is 1. The Morgan fingerprint density at radius 1 is 1.29 bits per heavy atom. The van der Waals surface area contributed by atoms with Crippen molar-refractivity contribution in [3.05, 3.63) is 29.8 Å². The fourth-order valence-corrected chi connectivity index (χ4v) is 2.54. The molecule has 0 spiro atoms. The first-order valence-electron chi connectivity index (χ1n) is 7.81. The molecule has 2 unspecified atom stereocenters. The van der Waals surface area contributed by atoms with Crippen LogP contribution in [-0.2, 0) is 16.0 Å². The molecule has 4 nitrogen and oxygen atoms in total. The van der Waals surface area contributed by atoms with Crippen molar-refractivity contribution in [1.29, 1.82) is 0 Å². The number of carbonyl (C=O) groups excluding carboxylic acids is 1. The van der Waals surface area contributed by atoms with Gasteiger partial charge in [-0.3, -0.25) is 4.79 Å². The van der Waals surface area contributed by atoms with Crippen molar-refractivity contribution in [1.82, 2.24) is 0 Å². The third-order valence-corrected chi connectivity index (χ3v) is 4.32. The molecule has 1 aromatic carbocycles. The first-order chi connectivity index (χ1) is 10.1. The van der Waals surface area contributed by atoms with Gasteiger partial charge in [0.25, 0.3) is 0 Å². The summed E-state index contributed by atoms with van der Waals surface area (Å²) < 4.78 is 5.36. The van der Waals surface area contributed by atoms with E-state index in [0.717, 1.165) is 38.3 Å². The molecule has 1 fully saturated rings. The fraction of sp³-hybridized carbons (Fsp3) is 0.588. The summed E-state index contributed by atoms with van der Waals surface area (Å²) >= 11 is 0. The van der Waals surface area contributed by atoms with Gasteiger partial charge in [0.05, 0.1) is 19.3 Å². The van der Waals surface area contributed by atoms with Gasteiger partial charge in [-0.2, -0.15) is 0 Å². The largest absolute Gasteiger partial charge is 0.378 e. The molecular weight excluding hydrogens is 264 g/mol. The number of hydrogen-bond acceptors (Lipinski definition) is 4. The Morgan fingerprint density at radius 2 is 1.90 bits per heavy atom. The predicted octanol–water partition coefficient (Wildman–Crippen LogP) is 2.01. The molecule has 2 N–H and O–H groups in total. The Bertz CT molecular complexity index is 452. The number of nitrogens with two attached hydrogens (primary N) is 1. The van der Waals surface area contributed by atoms with E-state index in [9.17, 15) is 4.79 Å². The van der Waals surface area contributed by atoms with E-state index in [4.69, 9.17) is 10.5 Å². The second-order valence-corrected chi connectivity index (χ2v) is 5.82. The van der Waals surface area contributed by atoms with Crippen LogP contribution in [0, 0.1) is 5.92 Å². The van der Waals surface area contributed by atoms with E-state index in [-0.39, 0.29) is 17.7 Å². The first-order valence-corrected chi connectivity index (χ1v) is 7.81. The van der Waals surface area contributed by atoms with Crippen LogP contribution in [0.1, 0.15) is 25.8 Å². The standard InChI is InChI=1S/C17H26N2O2/c1-3-13(2)17(18)16(20)12-14-4-6-15(7-5-14)19-8-10-21-11-9-19/h4-7,13,17H,3,8-12,18H2,1-2H3. The lowest BCUT2D eigenvalue weighted by Crippen LogP contribution is -2.37. The maximum Gasteiger partial charge on any atom is 0.154 e. The third-order valence-electron chi connectivity index (χ3n) is 4.32. The van der Waals surface area contributed by atoms with E-state index in [1.807, 2.05) is 19.1 Å². The van der Waals surface area contributed by atoms with E-state index < -0.39 is 0 Å². The molecule has 0 radical (unpaired) electrons. The topological polar surface area (TPSA) is 55.6 Å².